The third kappa shape index (κ3) is 3.00. The minimum atomic E-state index is -1.15. The van der Waals surface area contributed by atoms with Gasteiger partial charge >= 0.3 is 5.97 Å². The van der Waals surface area contributed by atoms with Crippen LogP contribution >= 0.6 is 15.9 Å². The van der Waals surface area contributed by atoms with Crippen LogP contribution in [0.2, 0.25) is 0 Å². The molecule has 0 spiro atoms. The van der Waals surface area contributed by atoms with E-state index < -0.39 is 11.8 Å². The summed E-state index contributed by atoms with van der Waals surface area (Å²) in [5.74, 6) is -1.34. The highest BCUT2D eigenvalue weighted by Gasteiger charge is 2.10. The predicted octanol–water partition coefficient (Wildman–Crippen LogP) is 3.01. The number of nitrogens with zero attached hydrogens (tertiary/aromatic N) is 1. The van der Waals surface area contributed by atoms with Crippen LogP contribution < -0.4 is 11.1 Å². The summed E-state index contributed by atoms with van der Waals surface area (Å²) in [7, 11) is 0. The van der Waals surface area contributed by atoms with Crippen LogP contribution in [0, 0.1) is 5.82 Å². The number of pyridine rings is 1. The Bertz CT molecular complexity index is 649. The van der Waals surface area contributed by atoms with Gasteiger partial charge in [-0.05, 0) is 46.3 Å². The van der Waals surface area contributed by atoms with Crippen molar-refractivity contribution in [2.75, 3.05) is 11.1 Å². The maximum absolute atomic E-state index is 13.0. The lowest BCUT2D eigenvalue weighted by molar-refractivity contribution is 0.0690. The molecule has 0 radical (unpaired) electrons. The Morgan fingerprint density at radius 2 is 2.11 bits per heavy atom. The van der Waals surface area contributed by atoms with Gasteiger partial charge in [-0.15, -0.1) is 0 Å². The number of hydrogen-bond acceptors (Lipinski definition) is 4. The first-order valence-corrected chi connectivity index (χ1v) is 5.98. The van der Waals surface area contributed by atoms with Gasteiger partial charge < -0.3 is 16.2 Å². The lowest BCUT2D eigenvalue weighted by Crippen LogP contribution is -2.06. The molecule has 0 unspecified atom stereocenters. The fourth-order valence-electron chi connectivity index (χ4n) is 1.41. The summed E-state index contributed by atoms with van der Waals surface area (Å²) in [6.07, 6.45) is 0. The molecule has 0 aliphatic carbocycles. The lowest BCUT2D eigenvalue weighted by atomic mass is 10.3. The number of rotatable bonds is 3. The molecule has 0 aliphatic rings. The summed E-state index contributed by atoms with van der Waals surface area (Å²) in [5.41, 5.74) is 6.40. The molecule has 0 atom stereocenters. The number of aromatic carboxylic acids is 1. The number of nitrogens with two attached hydrogens (primary N) is 1. The van der Waals surface area contributed by atoms with Crippen molar-refractivity contribution < 1.29 is 14.3 Å². The Morgan fingerprint density at radius 1 is 1.37 bits per heavy atom. The molecule has 1 heterocycles. The Hall–Kier alpha value is -2.15. The molecular formula is C12H9BrFN3O2. The highest BCUT2D eigenvalue weighted by molar-refractivity contribution is 9.10. The third-order valence-electron chi connectivity index (χ3n) is 2.33. The van der Waals surface area contributed by atoms with Gasteiger partial charge in [0.2, 0.25) is 0 Å². The zero-order valence-corrected chi connectivity index (χ0v) is 11.1. The number of benzene rings is 1. The molecule has 0 aliphatic heterocycles. The lowest BCUT2D eigenvalue weighted by Gasteiger charge is -2.10. The summed E-state index contributed by atoms with van der Waals surface area (Å²) in [5, 5.41) is 11.7. The topological polar surface area (TPSA) is 88.2 Å². The Morgan fingerprint density at radius 3 is 2.74 bits per heavy atom. The quantitative estimate of drug-likeness (QED) is 0.807. The highest BCUT2D eigenvalue weighted by atomic mass is 79.9. The molecule has 1 aromatic carbocycles. The van der Waals surface area contributed by atoms with Crippen molar-refractivity contribution in [3.05, 3.63) is 46.3 Å². The van der Waals surface area contributed by atoms with E-state index in [-0.39, 0.29) is 11.5 Å². The number of nitrogens with one attached hydrogen (secondary N) is 1. The van der Waals surface area contributed by atoms with E-state index in [0.717, 1.165) is 0 Å². The number of anilines is 3. The van der Waals surface area contributed by atoms with Crippen LogP contribution in [0.25, 0.3) is 0 Å². The number of nitrogen functional groups attached to an aromatic ring is 1. The van der Waals surface area contributed by atoms with Gasteiger partial charge in [-0.25, -0.2) is 14.2 Å². The minimum Gasteiger partial charge on any atom is -0.477 e. The van der Waals surface area contributed by atoms with E-state index in [4.69, 9.17) is 10.8 Å². The third-order valence-corrected chi connectivity index (χ3v) is 2.99. The molecule has 0 bridgehead atoms. The molecule has 0 saturated carbocycles. The average molecular weight is 326 g/mol. The molecule has 4 N–H and O–H groups in total. The molecular weight excluding hydrogens is 317 g/mol. The van der Waals surface area contributed by atoms with Gasteiger partial charge in [-0.2, -0.15) is 0 Å². The van der Waals surface area contributed by atoms with Crippen molar-refractivity contribution in [1.82, 2.24) is 4.98 Å². The molecule has 1 aromatic heterocycles. The van der Waals surface area contributed by atoms with E-state index in [0.29, 0.717) is 15.8 Å². The number of halogens is 2. The fourth-order valence-corrected chi connectivity index (χ4v) is 1.86. The smallest absolute Gasteiger partial charge is 0.354 e. The molecule has 0 fully saturated rings. The van der Waals surface area contributed by atoms with Crippen LogP contribution in [0.4, 0.5) is 21.6 Å². The summed E-state index contributed by atoms with van der Waals surface area (Å²) < 4.78 is 13.4. The normalized spacial score (nSPS) is 10.2. The van der Waals surface area contributed by atoms with Crippen molar-refractivity contribution in [3.8, 4) is 0 Å². The van der Waals surface area contributed by atoms with Crippen LogP contribution in [0.5, 0.6) is 0 Å². The summed E-state index contributed by atoms with van der Waals surface area (Å²) >= 11 is 3.19. The van der Waals surface area contributed by atoms with E-state index in [9.17, 15) is 9.18 Å². The number of carbonyl (C=O) groups is 1. The predicted molar refractivity (Wildman–Crippen MR) is 73.0 cm³/mol. The largest absolute Gasteiger partial charge is 0.477 e. The molecule has 0 saturated heterocycles. The van der Waals surface area contributed by atoms with Crippen LogP contribution in [0.15, 0.2) is 34.8 Å². The van der Waals surface area contributed by atoms with E-state index in [1.54, 1.807) is 0 Å². The van der Waals surface area contributed by atoms with E-state index in [2.05, 4.69) is 26.2 Å². The summed E-state index contributed by atoms with van der Waals surface area (Å²) in [6.45, 7) is 0. The van der Waals surface area contributed by atoms with Crippen molar-refractivity contribution in [3.63, 3.8) is 0 Å². The highest BCUT2D eigenvalue weighted by Crippen LogP contribution is 2.28. The zero-order valence-electron chi connectivity index (χ0n) is 9.52. The van der Waals surface area contributed by atoms with Crippen molar-refractivity contribution >= 4 is 39.1 Å². The number of aromatic nitrogens is 1. The van der Waals surface area contributed by atoms with Gasteiger partial charge in [0.25, 0.3) is 0 Å². The molecule has 5 nitrogen and oxygen atoms in total. The van der Waals surface area contributed by atoms with E-state index >= 15 is 0 Å². The van der Waals surface area contributed by atoms with Gasteiger partial charge in [0.1, 0.15) is 5.82 Å². The first-order valence-electron chi connectivity index (χ1n) is 5.19. The minimum absolute atomic E-state index is 0.130. The van der Waals surface area contributed by atoms with Gasteiger partial charge in [-0.1, -0.05) is 0 Å². The van der Waals surface area contributed by atoms with Crippen LogP contribution in [0.3, 0.4) is 0 Å². The SMILES string of the molecule is Nc1ccc(C(=O)O)nc1Nc1ccc(F)cc1Br. The van der Waals surface area contributed by atoms with Crippen molar-refractivity contribution in [2.24, 2.45) is 0 Å². The van der Waals surface area contributed by atoms with Gasteiger partial charge in [0, 0.05) is 4.47 Å². The molecule has 0 amide bonds. The van der Waals surface area contributed by atoms with Crippen molar-refractivity contribution in [2.45, 2.75) is 0 Å². The first-order chi connectivity index (χ1) is 8.97. The number of carboxylic acids is 1. The molecule has 98 valence electrons. The maximum atomic E-state index is 13.0. The fraction of sp³-hybridized carbons (Fsp3) is 0. The Labute approximate surface area is 116 Å². The molecule has 2 rings (SSSR count). The average Bonchev–Trinajstić information content (AvgIpc) is 2.34. The second kappa shape index (κ2) is 5.23. The first kappa shape index (κ1) is 13.3. The van der Waals surface area contributed by atoms with Crippen LogP contribution in [-0.2, 0) is 0 Å². The molecule has 7 heteroatoms. The van der Waals surface area contributed by atoms with Crippen LogP contribution in [-0.4, -0.2) is 16.1 Å². The monoisotopic (exact) mass is 325 g/mol. The van der Waals surface area contributed by atoms with E-state index in [1.807, 2.05) is 0 Å². The molecule has 19 heavy (non-hydrogen) atoms. The second-order valence-corrected chi connectivity index (χ2v) is 4.54. The summed E-state index contributed by atoms with van der Waals surface area (Å²) in [6, 6.07) is 6.79. The Balaban J connectivity index is 2.37. The van der Waals surface area contributed by atoms with E-state index in [1.165, 1.54) is 30.3 Å². The second-order valence-electron chi connectivity index (χ2n) is 3.69. The zero-order chi connectivity index (χ0) is 14.0. The van der Waals surface area contributed by atoms with Crippen molar-refractivity contribution in [1.29, 1.82) is 0 Å². The van der Waals surface area contributed by atoms with Crippen LogP contribution in [0.1, 0.15) is 10.5 Å². The van der Waals surface area contributed by atoms with Gasteiger partial charge in [0.05, 0.1) is 11.4 Å². The number of carboxylic acid groups (broad SMARTS) is 1. The maximum Gasteiger partial charge on any atom is 0.354 e. The standard InChI is InChI=1S/C12H9BrFN3O2/c13-7-5-6(14)1-3-9(7)16-11-8(15)2-4-10(17-11)12(18)19/h1-5H,15H2,(H,16,17)(H,18,19). The number of hydrogen-bond donors (Lipinski definition) is 3. The van der Waals surface area contributed by atoms with Gasteiger partial charge in [-0.3, -0.25) is 0 Å². The Kier molecular flexibility index (Phi) is 3.66. The van der Waals surface area contributed by atoms with Gasteiger partial charge in [0.15, 0.2) is 11.5 Å². The molecule has 2 aromatic rings. The summed E-state index contributed by atoms with van der Waals surface area (Å²) in [4.78, 5) is 14.7.